The van der Waals surface area contributed by atoms with E-state index >= 15 is 0 Å². The maximum Gasteiger partial charge on any atom is 0.254 e. The van der Waals surface area contributed by atoms with Crippen LogP contribution in [0.4, 0.5) is 0 Å². The lowest BCUT2D eigenvalue weighted by Gasteiger charge is -2.45. The molecule has 3 rings (SSSR count). The van der Waals surface area contributed by atoms with E-state index in [4.69, 9.17) is 0 Å². The number of aryl methyl sites for hydroxylation is 1. The first-order valence-electron chi connectivity index (χ1n) is 8.18. The number of carbonyl (C=O) groups excluding carboxylic acids is 1. The van der Waals surface area contributed by atoms with Gasteiger partial charge in [-0.2, -0.15) is 0 Å². The van der Waals surface area contributed by atoms with E-state index < -0.39 is 0 Å². The van der Waals surface area contributed by atoms with Crippen LogP contribution in [0.15, 0.2) is 18.2 Å². The predicted molar refractivity (Wildman–Crippen MR) is 85.6 cm³/mol. The highest BCUT2D eigenvalue weighted by atomic mass is 16.2. The van der Waals surface area contributed by atoms with Gasteiger partial charge in [0, 0.05) is 30.6 Å². The van der Waals surface area contributed by atoms with Crippen molar-refractivity contribution in [1.82, 2.24) is 10.2 Å². The van der Waals surface area contributed by atoms with Crippen LogP contribution in [-0.2, 0) is 0 Å². The second-order valence-electron chi connectivity index (χ2n) is 6.86. The zero-order valence-electron chi connectivity index (χ0n) is 13.2. The Hall–Kier alpha value is -1.35. The molecule has 1 spiro atoms. The molecule has 3 nitrogen and oxygen atoms in total. The minimum Gasteiger partial charge on any atom is -0.338 e. The number of rotatable bonds is 1. The van der Waals surface area contributed by atoms with Crippen LogP contribution in [0.25, 0.3) is 0 Å². The van der Waals surface area contributed by atoms with Gasteiger partial charge in [0.05, 0.1) is 0 Å². The number of benzene rings is 1. The van der Waals surface area contributed by atoms with E-state index in [1.54, 1.807) is 0 Å². The van der Waals surface area contributed by atoms with E-state index in [1.807, 2.05) is 12.1 Å². The second kappa shape index (κ2) is 5.80. The summed E-state index contributed by atoms with van der Waals surface area (Å²) < 4.78 is 0. The topological polar surface area (TPSA) is 32.3 Å². The summed E-state index contributed by atoms with van der Waals surface area (Å²) in [5.74, 6) is 0.223. The minimum atomic E-state index is 0.223. The molecule has 114 valence electrons. The van der Waals surface area contributed by atoms with Gasteiger partial charge < -0.3 is 10.2 Å². The van der Waals surface area contributed by atoms with Crippen LogP contribution in [-0.4, -0.2) is 37.0 Å². The molecule has 1 N–H and O–H groups in total. The van der Waals surface area contributed by atoms with Crippen LogP contribution in [0.3, 0.4) is 0 Å². The van der Waals surface area contributed by atoms with E-state index in [-0.39, 0.29) is 5.91 Å². The summed E-state index contributed by atoms with van der Waals surface area (Å²) in [6.45, 7) is 8.18. The predicted octanol–water partition coefficient (Wildman–Crippen LogP) is 2.91. The van der Waals surface area contributed by atoms with Gasteiger partial charge in [0.2, 0.25) is 0 Å². The lowest BCUT2D eigenvalue weighted by atomic mass is 9.74. The lowest BCUT2D eigenvalue weighted by molar-refractivity contribution is 0.0433. The van der Waals surface area contributed by atoms with Crippen LogP contribution in [0.1, 0.15) is 47.2 Å². The highest BCUT2D eigenvalue weighted by Crippen LogP contribution is 2.36. The Labute approximate surface area is 127 Å². The fraction of sp³-hybridized carbons (Fsp3) is 0.611. The first-order chi connectivity index (χ1) is 10.1. The SMILES string of the molecule is Cc1cccc(C(=O)N2CCCC3(CCCNC3)C2)c1C. The number of likely N-dealkylation sites (tertiary alicyclic amines) is 1. The molecule has 0 radical (unpaired) electrons. The Morgan fingerprint density at radius 1 is 1.24 bits per heavy atom. The molecule has 1 aromatic carbocycles. The number of hydrogen-bond donors (Lipinski definition) is 1. The number of hydrogen-bond acceptors (Lipinski definition) is 2. The minimum absolute atomic E-state index is 0.223. The average molecular weight is 286 g/mol. The molecule has 0 aliphatic carbocycles. The molecule has 1 unspecified atom stereocenters. The third kappa shape index (κ3) is 2.84. The van der Waals surface area contributed by atoms with E-state index in [9.17, 15) is 4.79 Å². The zero-order valence-corrected chi connectivity index (χ0v) is 13.2. The normalized spacial score (nSPS) is 26.1. The molecule has 0 bridgehead atoms. The van der Waals surface area contributed by atoms with Gasteiger partial charge in [0.15, 0.2) is 0 Å². The molecule has 21 heavy (non-hydrogen) atoms. The van der Waals surface area contributed by atoms with E-state index in [0.717, 1.165) is 43.7 Å². The molecule has 2 saturated heterocycles. The van der Waals surface area contributed by atoms with Gasteiger partial charge in [-0.3, -0.25) is 4.79 Å². The van der Waals surface area contributed by atoms with Crippen molar-refractivity contribution in [3.8, 4) is 0 Å². The summed E-state index contributed by atoms with van der Waals surface area (Å²) in [6.07, 6.45) is 4.90. The Balaban J connectivity index is 1.79. The third-order valence-corrected chi connectivity index (χ3v) is 5.34. The fourth-order valence-corrected chi connectivity index (χ4v) is 3.91. The van der Waals surface area contributed by atoms with Crippen molar-refractivity contribution in [2.75, 3.05) is 26.2 Å². The zero-order chi connectivity index (χ0) is 14.9. The molecular formula is C18H26N2O. The van der Waals surface area contributed by atoms with Gasteiger partial charge in [0.1, 0.15) is 0 Å². The van der Waals surface area contributed by atoms with Crippen LogP contribution < -0.4 is 5.32 Å². The molecular weight excluding hydrogens is 260 g/mol. The van der Waals surface area contributed by atoms with Crippen molar-refractivity contribution < 1.29 is 4.79 Å². The monoisotopic (exact) mass is 286 g/mol. The number of nitrogens with zero attached hydrogens (tertiary/aromatic N) is 1. The van der Waals surface area contributed by atoms with Crippen molar-refractivity contribution in [3.05, 3.63) is 34.9 Å². The van der Waals surface area contributed by atoms with Crippen molar-refractivity contribution in [1.29, 1.82) is 0 Å². The van der Waals surface area contributed by atoms with Crippen molar-refractivity contribution in [2.45, 2.75) is 39.5 Å². The molecule has 2 heterocycles. The number of amides is 1. The molecule has 2 aliphatic rings. The Morgan fingerprint density at radius 3 is 2.81 bits per heavy atom. The van der Waals surface area contributed by atoms with Gasteiger partial charge in [0.25, 0.3) is 5.91 Å². The molecule has 2 fully saturated rings. The molecule has 0 saturated carbocycles. The second-order valence-corrected chi connectivity index (χ2v) is 6.86. The molecule has 1 amide bonds. The van der Waals surface area contributed by atoms with Crippen molar-refractivity contribution >= 4 is 5.91 Å². The average Bonchev–Trinajstić information content (AvgIpc) is 2.50. The van der Waals surface area contributed by atoms with Gasteiger partial charge in [-0.1, -0.05) is 12.1 Å². The van der Waals surface area contributed by atoms with E-state index in [1.165, 1.54) is 24.8 Å². The first-order valence-corrected chi connectivity index (χ1v) is 8.18. The van der Waals surface area contributed by atoms with Gasteiger partial charge in [-0.15, -0.1) is 0 Å². The standard InChI is InChI=1S/C18H26N2O/c1-14-6-3-7-16(15(14)2)17(21)20-11-5-9-18(13-20)8-4-10-19-12-18/h3,6-7,19H,4-5,8-13H2,1-2H3. The maximum absolute atomic E-state index is 12.9. The molecule has 2 aliphatic heterocycles. The summed E-state index contributed by atoms with van der Waals surface area (Å²) in [5, 5.41) is 3.53. The van der Waals surface area contributed by atoms with Gasteiger partial charge in [-0.25, -0.2) is 0 Å². The summed E-state index contributed by atoms with van der Waals surface area (Å²) in [4.78, 5) is 15.0. The Kier molecular flexibility index (Phi) is 4.03. The van der Waals surface area contributed by atoms with Crippen LogP contribution >= 0.6 is 0 Å². The van der Waals surface area contributed by atoms with E-state index in [2.05, 4.69) is 30.1 Å². The first kappa shape index (κ1) is 14.6. The number of carbonyl (C=O) groups is 1. The smallest absolute Gasteiger partial charge is 0.254 e. The third-order valence-electron chi connectivity index (χ3n) is 5.34. The van der Waals surface area contributed by atoms with Gasteiger partial charge >= 0.3 is 0 Å². The summed E-state index contributed by atoms with van der Waals surface area (Å²) in [5.41, 5.74) is 3.54. The maximum atomic E-state index is 12.9. The van der Waals surface area contributed by atoms with Gasteiger partial charge in [-0.05, 0) is 63.3 Å². The van der Waals surface area contributed by atoms with E-state index in [0.29, 0.717) is 5.41 Å². The highest BCUT2D eigenvalue weighted by Gasteiger charge is 2.38. The Morgan fingerprint density at radius 2 is 2.05 bits per heavy atom. The summed E-state index contributed by atoms with van der Waals surface area (Å²) in [6, 6.07) is 6.05. The highest BCUT2D eigenvalue weighted by molar-refractivity contribution is 5.96. The Bertz CT molecular complexity index is 527. The molecule has 1 aromatic rings. The number of nitrogens with one attached hydrogen (secondary N) is 1. The molecule has 3 heteroatoms. The lowest BCUT2D eigenvalue weighted by Crippen LogP contribution is -2.52. The molecule has 1 atom stereocenters. The largest absolute Gasteiger partial charge is 0.338 e. The van der Waals surface area contributed by atoms with Crippen LogP contribution in [0, 0.1) is 19.3 Å². The fourth-order valence-electron chi connectivity index (χ4n) is 3.91. The summed E-state index contributed by atoms with van der Waals surface area (Å²) >= 11 is 0. The quantitative estimate of drug-likeness (QED) is 0.861. The van der Waals surface area contributed by atoms with Crippen LogP contribution in [0.5, 0.6) is 0 Å². The van der Waals surface area contributed by atoms with Crippen LogP contribution in [0.2, 0.25) is 0 Å². The van der Waals surface area contributed by atoms with Crippen molar-refractivity contribution in [3.63, 3.8) is 0 Å². The number of piperidine rings is 2. The summed E-state index contributed by atoms with van der Waals surface area (Å²) in [7, 11) is 0. The van der Waals surface area contributed by atoms with Crippen molar-refractivity contribution in [2.24, 2.45) is 5.41 Å². The molecule has 0 aromatic heterocycles.